The van der Waals surface area contributed by atoms with Crippen molar-refractivity contribution in [3.63, 3.8) is 0 Å². The highest BCUT2D eigenvalue weighted by Gasteiger charge is 2.35. The number of hydrogen-bond donors (Lipinski definition) is 2. The molecule has 4 rings (SSSR count). The second kappa shape index (κ2) is 9.24. The third-order valence-corrected chi connectivity index (χ3v) is 6.35. The number of carbonyl (C=O) groups is 2. The van der Waals surface area contributed by atoms with Gasteiger partial charge in [-0.15, -0.1) is 11.3 Å². The summed E-state index contributed by atoms with van der Waals surface area (Å²) >= 11 is 1.50. The third-order valence-electron chi connectivity index (χ3n) is 5.53. The fourth-order valence-electron chi connectivity index (χ4n) is 3.98. The minimum atomic E-state index is -0.429. The second-order valence-corrected chi connectivity index (χ2v) is 10.0. The van der Waals surface area contributed by atoms with Crippen LogP contribution in [0.3, 0.4) is 0 Å². The van der Waals surface area contributed by atoms with Gasteiger partial charge in [-0.1, -0.05) is 35.9 Å². The lowest BCUT2D eigenvalue weighted by Crippen LogP contribution is -2.43. The number of aryl methyl sites for hydroxylation is 2. The van der Waals surface area contributed by atoms with Crippen molar-refractivity contribution in [2.75, 3.05) is 0 Å². The fourth-order valence-corrected chi connectivity index (χ4v) is 4.64. The molecule has 2 N–H and O–H groups in total. The molecule has 33 heavy (non-hydrogen) atoms. The first-order valence-corrected chi connectivity index (χ1v) is 11.8. The van der Waals surface area contributed by atoms with Crippen LogP contribution in [0.2, 0.25) is 0 Å². The van der Waals surface area contributed by atoms with E-state index in [9.17, 15) is 9.59 Å². The van der Waals surface area contributed by atoms with Gasteiger partial charge in [-0.3, -0.25) is 9.59 Å². The van der Waals surface area contributed by atoms with Crippen molar-refractivity contribution in [2.24, 2.45) is 0 Å². The normalized spacial score (nSPS) is 17.0. The molecule has 1 atom stereocenters. The summed E-state index contributed by atoms with van der Waals surface area (Å²) in [5.74, 6) is 0.128. The molecule has 5 nitrogen and oxygen atoms in total. The van der Waals surface area contributed by atoms with Crippen LogP contribution in [-0.4, -0.2) is 17.4 Å². The molecule has 1 aliphatic rings. The van der Waals surface area contributed by atoms with E-state index in [0.717, 1.165) is 27.3 Å². The lowest BCUT2D eigenvalue weighted by atomic mass is 9.89. The maximum absolute atomic E-state index is 13.4. The molecule has 0 fully saturated rings. The SMILES string of the molecule is Cc1cccc(C(=O)N/C(=C\c2cccs2)C(=O)N[C@H]2CC(C)(C)Oc3cc(C)ccc32)c1. The van der Waals surface area contributed by atoms with Crippen LogP contribution < -0.4 is 15.4 Å². The molecule has 0 radical (unpaired) electrons. The highest BCUT2D eigenvalue weighted by atomic mass is 32.1. The first-order valence-electron chi connectivity index (χ1n) is 10.9. The number of benzene rings is 2. The molecule has 3 aromatic rings. The number of rotatable bonds is 5. The molecule has 2 heterocycles. The summed E-state index contributed by atoms with van der Waals surface area (Å²) in [6.45, 7) is 7.97. The largest absolute Gasteiger partial charge is 0.487 e. The van der Waals surface area contributed by atoms with Gasteiger partial charge in [0.15, 0.2) is 0 Å². The Kier molecular flexibility index (Phi) is 6.38. The zero-order valence-corrected chi connectivity index (χ0v) is 20.1. The molecule has 2 amide bonds. The Morgan fingerprint density at radius 2 is 1.85 bits per heavy atom. The molecular weight excluding hydrogens is 432 g/mol. The highest BCUT2D eigenvalue weighted by Crippen LogP contribution is 2.40. The fraction of sp³-hybridized carbons (Fsp3) is 0.259. The minimum Gasteiger partial charge on any atom is -0.487 e. The van der Waals surface area contributed by atoms with Gasteiger partial charge in [0.05, 0.1) is 6.04 Å². The summed E-state index contributed by atoms with van der Waals surface area (Å²) in [6, 6.07) is 16.9. The Labute approximate surface area is 198 Å². The quantitative estimate of drug-likeness (QED) is 0.490. The van der Waals surface area contributed by atoms with Crippen molar-refractivity contribution in [1.29, 1.82) is 0 Å². The zero-order valence-electron chi connectivity index (χ0n) is 19.3. The molecule has 2 aromatic carbocycles. The standard InChI is InChI=1S/C27H28N2O3S/c1-17-7-5-8-19(13-17)25(30)28-22(15-20-9-6-12-33-20)26(31)29-23-16-27(3,4)32-24-14-18(2)10-11-21(23)24/h5-15,23H,16H2,1-4H3,(H,28,30)(H,29,31)/b22-15-/t23-/m0/s1. The topological polar surface area (TPSA) is 67.4 Å². The lowest BCUT2D eigenvalue weighted by Gasteiger charge is -2.38. The Bertz CT molecular complexity index is 1210. The predicted molar refractivity (Wildman–Crippen MR) is 132 cm³/mol. The summed E-state index contributed by atoms with van der Waals surface area (Å²) in [4.78, 5) is 27.2. The monoisotopic (exact) mass is 460 g/mol. The molecule has 0 aliphatic carbocycles. The molecule has 0 bridgehead atoms. The van der Waals surface area contributed by atoms with Crippen LogP contribution in [-0.2, 0) is 4.79 Å². The predicted octanol–water partition coefficient (Wildman–Crippen LogP) is 5.55. The Morgan fingerprint density at radius 1 is 1.06 bits per heavy atom. The number of ether oxygens (including phenoxy) is 1. The maximum Gasteiger partial charge on any atom is 0.268 e. The smallest absolute Gasteiger partial charge is 0.268 e. The van der Waals surface area contributed by atoms with Gasteiger partial charge in [0, 0.05) is 22.4 Å². The van der Waals surface area contributed by atoms with Gasteiger partial charge < -0.3 is 15.4 Å². The van der Waals surface area contributed by atoms with Gasteiger partial charge in [-0.2, -0.15) is 0 Å². The Hall–Kier alpha value is -3.38. The van der Waals surface area contributed by atoms with Gasteiger partial charge in [0.1, 0.15) is 17.0 Å². The van der Waals surface area contributed by atoms with Crippen molar-refractivity contribution in [1.82, 2.24) is 10.6 Å². The molecule has 0 saturated heterocycles. The van der Waals surface area contributed by atoms with Gasteiger partial charge in [-0.05, 0) is 69.0 Å². The van der Waals surface area contributed by atoms with Crippen molar-refractivity contribution >= 4 is 29.2 Å². The number of hydrogen-bond acceptors (Lipinski definition) is 4. The summed E-state index contributed by atoms with van der Waals surface area (Å²) in [7, 11) is 0. The molecule has 0 spiro atoms. The Morgan fingerprint density at radius 3 is 2.58 bits per heavy atom. The van der Waals surface area contributed by atoms with Crippen LogP contribution >= 0.6 is 11.3 Å². The van der Waals surface area contributed by atoms with E-state index in [4.69, 9.17) is 4.74 Å². The molecule has 170 valence electrons. The highest BCUT2D eigenvalue weighted by molar-refractivity contribution is 7.10. The second-order valence-electron chi connectivity index (χ2n) is 9.03. The first kappa shape index (κ1) is 22.8. The van der Waals surface area contributed by atoms with E-state index in [0.29, 0.717) is 12.0 Å². The zero-order chi connectivity index (χ0) is 23.6. The van der Waals surface area contributed by atoms with E-state index in [2.05, 4.69) is 10.6 Å². The molecule has 1 aromatic heterocycles. The lowest BCUT2D eigenvalue weighted by molar-refractivity contribution is -0.119. The van der Waals surface area contributed by atoms with Crippen LogP contribution in [0.25, 0.3) is 6.08 Å². The summed E-state index contributed by atoms with van der Waals surface area (Å²) < 4.78 is 6.16. The summed E-state index contributed by atoms with van der Waals surface area (Å²) in [5, 5.41) is 7.89. The average molecular weight is 461 g/mol. The van der Waals surface area contributed by atoms with Crippen molar-refractivity contribution in [3.8, 4) is 5.75 Å². The minimum absolute atomic E-state index is 0.210. The molecular formula is C27H28N2O3S. The van der Waals surface area contributed by atoms with Gasteiger partial charge in [0.2, 0.25) is 0 Å². The number of amides is 2. The van der Waals surface area contributed by atoms with Crippen molar-refractivity contribution in [2.45, 2.75) is 45.8 Å². The van der Waals surface area contributed by atoms with E-state index in [1.807, 2.05) is 75.5 Å². The third kappa shape index (κ3) is 5.52. The van der Waals surface area contributed by atoms with Gasteiger partial charge in [0.25, 0.3) is 11.8 Å². The summed E-state index contributed by atoms with van der Waals surface area (Å²) in [5.41, 5.74) is 3.30. The van der Waals surface area contributed by atoms with Crippen LogP contribution in [0.1, 0.15) is 58.2 Å². The van der Waals surface area contributed by atoms with Crippen molar-refractivity contribution in [3.05, 3.63) is 92.8 Å². The first-order chi connectivity index (χ1) is 15.7. The number of carbonyl (C=O) groups excluding carboxylic acids is 2. The average Bonchev–Trinajstić information content (AvgIpc) is 3.25. The summed E-state index contributed by atoms with van der Waals surface area (Å²) in [6.07, 6.45) is 2.33. The van der Waals surface area contributed by atoms with Crippen LogP contribution in [0.4, 0.5) is 0 Å². The van der Waals surface area contributed by atoms with E-state index in [1.54, 1.807) is 18.2 Å². The molecule has 0 saturated carbocycles. The number of nitrogens with one attached hydrogen (secondary N) is 2. The molecule has 0 unspecified atom stereocenters. The van der Waals surface area contributed by atoms with E-state index < -0.39 is 5.60 Å². The van der Waals surface area contributed by atoms with E-state index >= 15 is 0 Å². The number of fused-ring (bicyclic) bond motifs is 1. The molecule has 6 heteroatoms. The van der Waals surface area contributed by atoms with E-state index in [1.165, 1.54) is 11.3 Å². The van der Waals surface area contributed by atoms with Crippen LogP contribution in [0.5, 0.6) is 5.75 Å². The van der Waals surface area contributed by atoms with Gasteiger partial charge >= 0.3 is 0 Å². The van der Waals surface area contributed by atoms with Crippen LogP contribution in [0.15, 0.2) is 65.7 Å². The van der Waals surface area contributed by atoms with Gasteiger partial charge in [-0.25, -0.2) is 0 Å². The molecule has 1 aliphatic heterocycles. The maximum atomic E-state index is 13.4. The number of thiophene rings is 1. The van der Waals surface area contributed by atoms with Crippen molar-refractivity contribution < 1.29 is 14.3 Å². The Balaban J connectivity index is 1.62. The van der Waals surface area contributed by atoms with E-state index in [-0.39, 0.29) is 23.6 Å². The van der Waals surface area contributed by atoms with Crippen LogP contribution in [0, 0.1) is 13.8 Å².